The van der Waals surface area contributed by atoms with Gasteiger partial charge in [0.1, 0.15) is 20.7 Å². The first kappa shape index (κ1) is 28.5. The van der Waals surface area contributed by atoms with Gasteiger partial charge in [0.25, 0.3) is 5.01 Å². The van der Waals surface area contributed by atoms with E-state index in [1.165, 1.54) is 21.6 Å². The lowest BCUT2D eigenvalue weighted by atomic mass is 10.2. The Balaban J connectivity index is 0.00000103. The molecule has 188 valence electrons. The van der Waals surface area contributed by atoms with Gasteiger partial charge in [-0.25, -0.2) is 16.8 Å². The van der Waals surface area contributed by atoms with Crippen molar-refractivity contribution < 1.29 is 35.2 Å². The normalized spacial score (nSPS) is 13.9. The van der Waals surface area contributed by atoms with Crippen LogP contribution in [0.1, 0.15) is 10.6 Å². The zero-order chi connectivity index (χ0) is 26.6. The van der Waals surface area contributed by atoms with E-state index >= 15 is 0 Å². The minimum Gasteiger partial charge on any atom is -0.747 e. The number of nitrogens with zero attached hydrogens (tertiary/aromatic N) is 2. The first-order chi connectivity index (χ1) is 16.4. The van der Waals surface area contributed by atoms with Crippen molar-refractivity contribution in [3.8, 4) is 5.75 Å². The summed E-state index contributed by atoms with van der Waals surface area (Å²) in [6, 6.07) is 9.88. The number of benzene rings is 2. The molecule has 0 saturated heterocycles. The lowest BCUT2D eigenvalue weighted by Gasteiger charge is -2.20. The van der Waals surface area contributed by atoms with E-state index in [0.717, 1.165) is 16.9 Å². The highest BCUT2D eigenvalue weighted by molar-refractivity contribution is 7.85. The largest absolute Gasteiger partial charge is 0.747 e. The van der Waals surface area contributed by atoms with Crippen molar-refractivity contribution in [2.24, 2.45) is 0 Å². The summed E-state index contributed by atoms with van der Waals surface area (Å²) < 4.78 is 76.6. The highest BCUT2D eigenvalue weighted by Gasteiger charge is 2.31. The molecule has 0 fully saturated rings. The van der Waals surface area contributed by atoms with Crippen LogP contribution < -0.4 is 14.2 Å². The molecule has 35 heavy (non-hydrogen) atoms. The number of thiazole rings is 1. The molecule has 0 radical (unpaired) electrons. The van der Waals surface area contributed by atoms with Gasteiger partial charge >= 0.3 is 0 Å². The summed E-state index contributed by atoms with van der Waals surface area (Å²) in [6.07, 6.45) is 1.39. The van der Waals surface area contributed by atoms with Gasteiger partial charge in [-0.1, -0.05) is 29.0 Å². The van der Waals surface area contributed by atoms with Crippen molar-refractivity contribution in [1.82, 2.24) is 0 Å². The molecule has 2 heterocycles. The van der Waals surface area contributed by atoms with Gasteiger partial charge in [-0.05, 0) is 36.8 Å². The Morgan fingerprint density at radius 3 is 2.31 bits per heavy atom. The number of aryl methyl sites for hydroxylation is 1. The lowest BCUT2D eigenvalue weighted by molar-refractivity contribution is -0.649. The molecule has 0 amide bonds. The number of ether oxygens (including phenoxy) is 1. The maximum atomic E-state index is 11.5. The summed E-state index contributed by atoms with van der Waals surface area (Å²) in [4.78, 5) is 1.19. The summed E-state index contributed by atoms with van der Waals surface area (Å²) in [6.45, 7) is 13.8. The smallest absolute Gasteiger partial charge is 0.269 e. The molecule has 0 saturated carbocycles. The monoisotopic (exact) mass is 557 g/mol. The quantitative estimate of drug-likeness (QED) is 0.262. The first-order valence-electron chi connectivity index (χ1n) is 9.66. The van der Waals surface area contributed by atoms with Gasteiger partial charge < -0.3 is 13.8 Å². The predicted octanol–water partition coefficient (Wildman–Crippen LogP) is 3.96. The lowest BCUT2D eigenvalue weighted by Crippen LogP contribution is -2.39. The van der Waals surface area contributed by atoms with Crippen LogP contribution >= 0.6 is 22.9 Å². The van der Waals surface area contributed by atoms with Crippen LogP contribution in [-0.4, -0.2) is 31.8 Å². The molecule has 1 aliphatic heterocycles. The van der Waals surface area contributed by atoms with Crippen molar-refractivity contribution in [3.05, 3.63) is 84.2 Å². The van der Waals surface area contributed by atoms with Gasteiger partial charge in [-0.3, -0.25) is 4.90 Å². The van der Waals surface area contributed by atoms with E-state index in [0.29, 0.717) is 31.7 Å². The van der Waals surface area contributed by atoms with Gasteiger partial charge in [0.05, 0.1) is 11.8 Å². The second kappa shape index (κ2) is 11.3. The number of anilines is 1. The molecule has 0 N–H and O–H groups in total. The average molecular weight is 558 g/mol. The highest BCUT2D eigenvalue weighted by atomic mass is 35.5. The minimum atomic E-state index is -4.67. The van der Waals surface area contributed by atoms with Crippen LogP contribution in [0, 0.1) is 6.92 Å². The second-order valence-electron chi connectivity index (χ2n) is 6.84. The van der Waals surface area contributed by atoms with Crippen LogP contribution in [0.4, 0.5) is 5.69 Å². The summed E-state index contributed by atoms with van der Waals surface area (Å²) in [5.41, 5.74) is 1.62. The third-order valence-electron chi connectivity index (χ3n) is 4.40. The van der Waals surface area contributed by atoms with Crippen molar-refractivity contribution in [2.45, 2.75) is 12.8 Å². The number of rotatable bonds is 5. The van der Waals surface area contributed by atoms with E-state index in [2.05, 4.69) is 26.3 Å². The van der Waals surface area contributed by atoms with Crippen LogP contribution in [0.5, 0.6) is 5.75 Å². The SMILES string of the molecule is C=C.C=C.Cc1ccc2c(c1)N(CS(=O)(=O)[O-])C(=Cc1sc3ccc(Cl)cc3[n+]1CS(=O)(=O)[O-])O2. The molecule has 0 atom stereocenters. The van der Waals surface area contributed by atoms with E-state index in [1.807, 2.05) is 0 Å². The van der Waals surface area contributed by atoms with Crippen molar-refractivity contribution >= 4 is 65.2 Å². The highest BCUT2D eigenvalue weighted by Crippen LogP contribution is 2.40. The Labute approximate surface area is 213 Å². The number of hydrogen-bond donors (Lipinski definition) is 0. The van der Waals surface area contributed by atoms with Crippen molar-refractivity contribution in [1.29, 1.82) is 0 Å². The fourth-order valence-electron chi connectivity index (χ4n) is 3.19. The molecule has 1 aliphatic rings. The van der Waals surface area contributed by atoms with Crippen LogP contribution in [-0.2, 0) is 26.1 Å². The molecule has 3 aromatic rings. The fraction of sp³-hybridized carbons (Fsp3) is 0.136. The molecule has 0 unspecified atom stereocenters. The van der Waals surface area contributed by atoms with Crippen LogP contribution in [0.2, 0.25) is 5.02 Å². The third-order valence-corrected chi connectivity index (χ3v) is 6.90. The fourth-order valence-corrected chi connectivity index (χ4v) is 5.68. The van der Waals surface area contributed by atoms with E-state index < -0.39 is 32.0 Å². The standard InChI is InChI=1S/C18H15ClN2O7S3.2C2H4/c1-11-2-4-15-13(6-11)20(9-30(22,23)24)17(28-15)8-18-21(10-31(25,26)27)14-7-12(19)3-5-16(14)29-18;2*1-2/h2-8H,9-10H2,1H3,(H-,22,23,24,25,26,27);2*1-2H2/p-1. The van der Waals surface area contributed by atoms with E-state index in [4.69, 9.17) is 16.3 Å². The molecule has 13 heteroatoms. The maximum Gasteiger partial charge on any atom is 0.269 e. The third kappa shape index (κ3) is 7.13. The molecular formula is C22H22ClN2O7S3-. The van der Waals surface area contributed by atoms with Crippen molar-refractivity contribution in [2.75, 3.05) is 10.8 Å². The number of halogens is 1. The van der Waals surface area contributed by atoms with Gasteiger partial charge in [0.2, 0.25) is 17.3 Å². The van der Waals surface area contributed by atoms with E-state index in [-0.39, 0.29) is 5.88 Å². The molecule has 1 aromatic heterocycles. The molecule has 0 aliphatic carbocycles. The Hall–Kier alpha value is -2.74. The van der Waals surface area contributed by atoms with Crippen molar-refractivity contribution in [3.63, 3.8) is 0 Å². The Morgan fingerprint density at radius 2 is 1.71 bits per heavy atom. The van der Waals surface area contributed by atoms with Crippen LogP contribution in [0.3, 0.4) is 0 Å². The second-order valence-corrected chi connectivity index (χ2v) is 11.1. The summed E-state index contributed by atoms with van der Waals surface area (Å²) >= 11 is 7.18. The van der Waals surface area contributed by atoms with Crippen LogP contribution in [0.25, 0.3) is 16.3 Å². The van der Waals surface area contributed by atoms with Gasteiger partial charge in [-0.2, -0.15) is 4.57 Å². The number of aromatic nitrogens is 1. The Morgan fingerprint density at radius 1 is 1.06 bits per heavy atom. The van der Waals surface area contributed by atoms with E-state index in [9.17, 15) is 25.9 Å². The zero-order valence-electron chi connectivity index (χ0n) is 18.6. The number of hydrogen-bond acceptors (Lipinski definition) is 9. The molecule has 0 bridgehead atoms. The van der Waals surface area contributed by atoms with Crippen LogP contribution in [0.15, 0.2) is 68.6 Å². The maximum absolute atomic E-state index is 11.5. The average Bonchev–Trinajstić information content (AvgIpc) is 3.26. The summed E-state index contributed by atoms with van der Waals surface area (Å²) in [5.74, 6) is -1.40. The Kier molecular flexibility index (Phi) is 9.23. The Bertz CT molecular complexity index is 1480. The number of fused-ring (bicyclic) bond motifs is 2. The molecule has 2 aromatic carbocycles. The molecule has 4 rings (SSSR count). The van der Waals surface area contributed by atoms with Gasteiger partial charge in [-0.15, -0.1) is 26.3 Å². The summed E-state index contributed by atoms with van der Waals surface area (Å²) in [7, 11) is -9.33. The summed E-state index contributed by atoms with van der Waals surface area (Å²) in [5, 5.41) is 0.644. The molecule has 9 nitrogen and oxygen atoms in total. The predicted molar refractivity (Wildman–Crippen MR) is 136 cm³/mol. The molecular weight excluding hydrogens is 536 g/mol. The topological polar surface area (TPSA) is 131 Å². The van der Waals surface area contributed by atoms with E-state index in [1.54, 1.807) is 37.3 Å². The first-order valence-corrected chi connectivity index (χ1v) is 14.0. The molecule has 0 spiro atoms. The van der Waals surface area contributed by atoms with Gasteiger partial charge in [0.15, 0.2) is 15.9 Å². The van der Waals surface area contributed by atoms with Gasteiger partial charge in [0, 0.05) is 11.1 Å². The zero-order valence-corrected chi connectivity index (χ0v) is 21.8. The minimum absolute atomic E-state index is 0.00900.